The number of aromatic nitrogens is 1. The molecule has 1 aromatic carbocycles. The number of aromatic amines is 1. The quantitative estimate of drug-likeness (QED) is 0.659. The lowest BCUT2D eigenvalue weighted by molar-refractivity contribution is -0.136. The number of alkyl halides is 3. The van der Waals surface area contributed by atoms with Gasteiger partial charge in [0.15, 0.2) is 0 Å². The molecule has 0 saturated carbocycles. The zero-order valence-electron chi connectivity index (χ0n) is 16.5. The van der Waals surface area contributed by atoms with Crippen LogP contribution in [0.15, 0.2) is 34.0 Å². The van der Waals surface area contributed by atoms with E-state index < -0.39 is 27.3 Å². The first-order valence-corrected chi connectivity index (χ1v) is 11.1. The Morgan fingerprint density at radius 3 is 2.43 bits per heavy atom. The summed E-state index contributed by atoms with van der Waals surface area (Å²) in [5, 5.41) is -0.352. The molecular weight excluding hydrogens is 423 g/mol. The van der Waals surface area contributed by atoms with Gasteiger partial charge in [0.25, 0.3) is 0 Å². The molecule has 1 aliphatic heterocycles. The van der Waals surface area contributed by atoms with E-state index in [9.17, 15) is 26.4 Å². The highest BCUT2D eigenvalue weighted by Crippen LogP contribution is 2.34. The first kappa shape index (κ1) is 22.7. The Morgan fingerprint density at radius 2 is 1.80 bits per heavy atom. The Morgan fingerprint density at radius 1 is 1.10 bits per heavy atom. The molecule has 11 heteroatoms. The number of pyridine rings is 1. The highest BCUT2D eigenvalue weighted by atomic mass is 32.2. The summed E-state index contributed by atoms with van der Waals surface area (Å²) in [5.74, 6) is 0. The number of halogens is 3. The molecule has 1 saturated heterocycles. The van der Waals surface area contributed by atoms with Crippen LogP contribution in [0.1, 0.15) is 18.9 Å². The second-order valence-corrected chi connectivity index (χ2v) is 9.05. The van der Waals surface area contributed by atoms with Gasteiger partial charge in [0.05, 0.1) is 17.1 Å². The number of nitrogens with one attached hydrogen (secondary N) is 1. The van der Waals surface area contributed by atoms with Crippen molar-refractivity contribution < 1.29 is 26.3 Å². The maximum absolute atomic E-state index is 13.3. The van der Waals surface area contributed by atoms with Crippen LogP contribution in [0.3, 0.4) is 0 Å². The molecule has 1 aliphatic rings. The summed E-state index contributed by atoms with van der Waals surface area (Å²) in [7, 11) is -3.96. The van der Waals surface area contributed by atoms with Gasteiger partial charge in [-0.1, -0.05) is 6.92 Å². The number of ether oxygens (including phenoxy) is 1. The fourth-order valence-corrected chi connectivity index (χ4v) is 4.86. The molecule has 1 N–H and O–H groups in total. The van der Waals surface area contributed by atoms with Crippen molar-refractivity contribution in [3.8, 4) is 0 Å². The van der Waals surface area contributed by atoms with Crippen molar-refractivity contribution in [3.63, 3.8) is 0 Å². The summed E-state index contributed by atoms with van der Waals surface area (Å²) >= 11 is 0. The number of rotatable bonds is 7. The fourth-order valence-electron chi connectivity index (χ4n) is 3.41. The fraction of sp³-hybridized carbons (Fsp3) is 0.526. The first-order valence-electron chi connectivity index (χ1n) is 9.67. The van der Waals surface area contributed by atoms with Gasteiger partial charge in [0.1, 0.15) is 0 Å². The molecule has 0 radical (unpaired) electrons. The van der Waals surface area contributed by atoms with Gasteiger partial charge in [-0.2, -0.15) is 17.5 Å². The molecule has 2 heterocycles. The van der Waals surface area contributed by atoms with Crippen LogP contribution in [-0.2, 0) is 20.9 Å². The van der Waals surface area contributed by atoms with E-state index >= 15 is 0 Å². The molecule has 1 aromatic heterocycles. The van der Waals surface area contributed by atoms with Crippen LogP contribution >= 0.6 is 0 Å². The maximum atomic E-state index is 13.3. The second-order valence-electron chi connectivity index (χ2n) is 7.11. The van der Waals surface area contributed by atoms with Gasteiger partial charge in [0, 0.05) is 56.3 Å². The SMILES string of the molecule is CCCOCCN1CCN(S(=O)(=O)c2ccc3[nH]c(=O)cc(C(F)(F)F)c3c2)CC1. The van der Waals surface area contributed by atoms with E-state index in [1.165, 1.54) is 16.4 Å². The minimum absolute atomic E-state index is 0.0642. The van der Waals surface area contributed by atoms with Gasteiger partial charge in [0.2, 0.25) is 15.6 Å². The van der Waals surface area contributed by atoms with Crippen molar-refractivity contribution in [2.45, 2.75) is 24.4 Å². The van der Waals surface area contributed by atoms with Crippen molar-refractivity contribution in [2.75, 3.05) is 45.9 Å². The van der Waals surface area contributed by atoms with Crippen molar-refractivity contribution in [3.05, 3.63) is 40.2 Å². The average Bonchev–Trinajstić information content (AvgIpc) is 2.70. The first-order chi connectivity index (χ1) is 14.1. The minimum Gasteiger partial charge on any atom is -0.380 e. The largest absolute Gasteiger partial charge is 0.417 e. The van der Waals surface area contributed by atoms with E-state index in [0.29, 0.717) is 38.9 Å². The number of sulfonamides is 1. The molecule has 30 heavy (non-hydrogen) atoms. The van der Waals surface area contributed by atoms with Gasteiger partial charge in [-0.3, -0.25) is 9.69 Å². The lowest BCUT2D eigenvalue weighted by Gasteiger charge is -2.33. The number of benzene rings is 1. The van der Waals surface area contributed by atoms with Crippen LogP contribution in [0.5, 0.6) is 0 Å². The zero-order chi connectivity index (χ0) is 21.9. The van der Waals surface area contributed by atoms with Gasteiger partial charge in [-0.25, -0.2) is 8.42 Å². The summed E-state index contributed by atoms with van der Waals surface area (Å²) in [6.07, 6.45) is -3.85. The van der Waals surface area contributed by atoms with Crippen LogP contribution < -0.4 is 5.56 Å². The van der Waals surface area contributed by atoms with Crippen LogP contribution in [-0.4, -0.2) is 68.5 Å². The number of H-pyrrole nitrogens is 1. The van der Waals surface area contributed by atoms with Crippen molar-refractivity contribution >= 4 is 20.9 Å². The molecule has 0 aliphatic carbocycles. The zero-order valence-corrected chi connectivity index (χ0v) is 17.4. The summed E-state index contributed by atoms with van der Waals surface area (Å²) in [4.78, 5) is 15.7. The topological polar surface area (TPSA) is 82.7 Å². The Kier molecular flexibility index (Phi) is 6.85. The molecule has 0 spiro atoms. The molecule has 166 valence electrons. The van der Waals surface area contributed by atoms with Crippen molar-refractivity contribution in [1.29, 1.82) is 0 Å². The predicted molar refractivity (Wildman–Crippen MR) is 106 cm³/mol. The summed E-state index contributed by atoms with van der Waals surface area (Å²) in [5.41, 5.74) is -2.12. The number of fused-ring (bicyclic) bond motifs is 1. The molecule has 2 aromatic rings. The number of hydrogen-bond donors (Lipinski definition) is 1. The lowest BCUT2D eigenvalue weighted by Crippen LogP contribution is -2.49. The molecule has 0 bridgehead atoms. The third kappa shape index (κ3) is 5.02. The number of nitrogens with zero attached hydrogens (tertiary/aromatic N) is 2. The van der Waals surface area contributed by atoms with Crippen LogP contribution in [0.4, 0.5) is 13.2 Å². The maximum Gasteiger partial charge on any atom is 0.417 e. The van der Waals surface area contributed by atoms with Gasteiger partial charge in [-0.05, 0) is 24.6 Å². The van der Waals surface area contributed by atoms with E-state index in [2.05, 4.69) is 9.88 Å². The Balaban J connectivity index is 1.80. The highest BCUT2D eigenvalue weighted by Gasteiger charge is 2.34. The smallest absolute Gasteiger partial charge is 0.380 e. The molecule has 0 unspecified atom stereocenters. The lowest BCUT2D eigenvalue weighted by atomic mass is 10.1. The minimum atomic E-state index is -4.78. The Hall–Kier alpha value is -1.95. The predicted octanol–water partition coefficient (Wildman–Crippen LogP) is 2.28. The Labute approximate surface area is 172 Å². The summed E-state index contributed by atoms with van der Waals surface area (Å²) in [6.45, 7) is 5.49. The standard InChI is InChI=1S/C19H24F3N3O4S/c1-2-10-29-11-9-24-5-7-25(8-6-24)30(27,28)14-3-4-17-15(12-14)16(19(20,21)22)13-18(26)23-17/h3-4,12-13H,2,5-11H2,1H3,(H,23,26). The van der Waals surface area contributed by atoms with Gasteiger partial charge in [-0.15, -0.1) is 0 Å². The normalized spacial score (nSPS) is 16.9. The van der Waals surface area contributed by atoms with Crippen LogP contribution in [0.25, 0.3) is 10.9 Å². The molecule has 7 nitrogen and oxygen atoms in total. The molecule has 3 rings (SSSR count). The summed E-state index contributed by atoms with van der Waals surface area (Å²) < 4.78 is 72.7. The summed E-state index contributed by atoms with van der Waals surface area (Å²) in [6, 6.07) is 3.84. The number of piperazine rings is 1. The molecule has 1 fully saturated rings. The second kappa shape index (κ2) is 9.04. The highest BCUT2D eigenvalue weighted by molar-refractivity contribution is 7.89. The molecule has 0 atom stereocenters. The van der Waals surface area contributed by atoms with E-state index in [-0.39, 0.29) is 28.9 Å². The molecular formula is C19H24F3N3O4S. The average molecular weight is 447 g/mol. The van der Waals surface area contributed by atoms with Gasteiger partial charge < -0.3 is 9.72 Å². The van der Waals surface area contributed by atoms with Gasteiger partial charge >= 0.3 is 6.18 Å². The number of hydrogen-bond acceptors (Lipinski definition) is 5. The third-order valence-electron chi connectivity index (χ3n) is 4.99. The third-order valence-corrected chi connectivity index (χ3v) is 6.88. The van der Waals surface area contributed by atoms with Crippen molar-refractivity contribution in [2.24, 2.45) is 0 Å². The molecule has 0 amide bonds. The monoisotopic (exact) mass is 447 g/mol. The van der Waals surface area contributed by atoms with Crippen LogP contribution in [0.2, 0.25) is 0 Å². The van der Waals surface area contributed by atoms with E-state index in [1.807, 2.05) is 6.92 Å². The Bertz CT molecular complexity index is 1050. The van der Waals surface area contributed by atoms with E-state index in [4.69, 9.17) is 4.74 Å². The van der Waals surface area contributed by atoms with Crippen molar-refractivity contribution in [1.82, 2.24) is 14.2 Å². The van der Waals surface area contributed by atoms with E-state index in [0.717, 1.165) is 12.5 Å². The van der Waals surface area contributed by atoms with Crippen LogP contribution in [0, 0.1) is 0 Å². The van der Waals surface area contributed by atoms with E-state index in [1.54, 1.807) is 0 Å².